The van der Waals surface area contributed by atoms with Crippen LogP contribution in [-0.4, -0.2) is 66.2 Å². The molecule has 1 aliphatic rings. The fraction of sp³-hybridized carbons (Fsp3) is 0.778. The molecule has 1 saturated heterocycles. The van der Waals surface area contributed by atoms with Crippen molar-refractivity contribution < 1.29 is 9.68 Å². The minimum Gasteiger partial charge on any atom is -0.463 e. The van der Waals surface area contributed by atoms with Crippen molar-refractivity contribution in [3.05, 3.63) is 0 Å². The van der Waals surface area contributed by atoms with E-state index in [9.17, 15) is 5.11 Å². The van der Waals surface area contributed by atoms with E-state index < -0.39 is 0 Å². The van der Waals surface area contributed by atoms with Gasteiger partial charge < -0.3 is 16.6 Å². The number of aliphatic imine (C=N–C) groups is 1. The van der Waals surface area contributed by atoms with E-state index in [1.807, 2.05) is 4.58 Å². The monoisotopic (exact) mass is 214 g/mol. The lowest BCUT2D eigenvalue weighted by Crippen LogP contribution is -2.42. The van der Waals surface area contributed by atoms with Gasteiger partial charge in [-0.25, -0.2) is 0 Å². The number of aliphatic hydroxyl groups is 1. The van der Waals surface area contributed by atoms with Crippen molar-refractivity contribution in [1.29, 1.82) is 0 Å². The third kappa shape index (κ3) is 4.16. The van der Waals surface area contributed by atoms with Gasteiger partial charge in [-0.2, -0.15) is 4.58 Å². The zero-order valence-electron chi connectivity index (χ0n) is 9.19. The first-order valence-corrected chi connectivity index (χ1v) is 5.13. The second-order valence-corrected chi connectivity index (χ2v) is 3.76. The Morgan fingerprint density at radius 3 is 2.53 bits per heavy atom. The highest BCUT2D eigenvalue weighted by Gasteiger charge is 2.19. The molecule has 0 bridgehead atoms. The Balaban J connectivity index is 2.40. The molecule has 5 N–H and O–H groups in total. The number of nitrogens with zero attached hydrogens (tertiary/aromatic N) is 3. The molecule has 0 amide bonds. The van der Waals surface area contributed by atoms with Crippen molar-refractivity contribution in [1.82, 2.24) is 4.90 Å². The Kier molecular flexibility index (Phi) is 4.36. The Labute approximate surface area is 89.9 Å². The van der Waals surface area contributed by atoms with Crippen molar-refractivity contribution in [2.24, 2.45) is 16.5 Å². The number of hydrogen-bond acceptors (Lipinski definition) is 2. The molecule has 1 aliphatic heterocycles. The molecule has 0 aromatic carbocycles. The van der Waals surface area contributed by atoms with Crippen LogP contribution in [0.5, 0.6) is 0 Å². The molecule has 1 fully saturated rings. The van der Waals surface area contributed by atoms with Crippen LogP contribution in [-0.2, 0) is 0 Å². The molecular formula is C9H20N5O+. The normalized spacial score (nSPS) is 17.5. The third-order valence-corrected chi connectivity index (χ3v) is 2.50. The summed E-state index contributed by atoms with van der Waals surface area (Å²) in [7, 11) is 2.08. The van der Waals surface area contributed by atoms with Crippen molar-refractivity contribution in [3.63, 3.8) is 0 Å². The van der Waals surface area contributed by atoms with Crippen LogP contribution in [0, 0.1) is 0 Å². The molecule has 0 aromatic rings. The number of piperazine rings is 1. The number of nitrogens with two attached hydrogens (primary N) is 2. The van der Waals surface area contributed by atoms with E-state index in [1.54, 1.807) is 0 Å². The van der Waals surface area contributed by atoms with Crippen LogP contribution in [0.25, 0.3) is 0 Å². The van der Waals surface area contributed by atoms with E-state index in [0.29, 0.717) is 18.9 Å². The van der Waals surface area contributed by atoms with E-state index in [2.05, 4.69) is 16.9 Å². The molecule has 86 valence electrons. The number of rotatable bonds is 3. The highest BCUT2D eigenvalue weighted by atomic mass is 16.3. The van der Waals surface area contributed by atoms with Crippen molar-refractivity contribution in [3.8, 4) is 0 Å². The van der Waals surface area contributed by atoms with Crippen LogP contribution in [0.4, 0.5) is 0 Å². The van der Waals surface area contributed by atoms with E-state index >= 15 is 0 Å². The molecule has 0 spiro atoms. The summed E-state index contributed by atoms with van der Waals surface area (Å²) in [6.07, 6.45) is 0.502. The second kappa shape index (κ2) is 5.55. The van der Waals surface area contributed by atoms with Crippen LogP contribution >= 0.6 is 0 Å². The molecule has 0 saturated carbocycles. The lowest BCUT2D eigenvalue weighted by molar-refractivity contribution is -0.547. The zero-order valence-corrected chi connectivity index (χ0v) is 9.19. The molecule has 0 unspecified atom stereocenters. The molecule has 1 heterocycles. The fourth-order valence-corrected chi connectivity index (χ4v) is 1.51. The molecule has 0 atom stereocenters. The molecule has 6 heteroatoms. The van der Waals surface area contributed by atoms with Gasteiger partial charge >= 0.3 is 5.90 Å². The van der Waals surface area contributed by atoms with E-state index in [0.717, 1.165) is 26.2 Å². The lowest BCUT2D eigenvalue weighted by Gasteiger charge is -2.20. The lowest BCUT2D eigenvalue weighted by atomic mass is 10.3. The van der Waals surface area contributed by atoms with Crippen LogP contribution in [0.1, 0.15) is 6.42 Å². The largest absolute Gasteiger partial charge is 0.463 e. The summed E-state index contributed by atoms with van der Waals surface area (Å²) in [5, 5.41) is 9.75. The molecule has 15 heavy (non-hydrogen) atoms. The van der Waals surface area contributed by atoms with E-state index in [1.165, 1.54) is 0 Å². The van der Waals surface area contributed by atoms with Gasteiger partial charge in [-0.3, -0.25) is 9.89 Å². The van der Waals surface area contributed by atoms with Crippen LogP contribution in [0.15, 0.2) is 4.99 Å². The predicted molar refractivity (Wildman–Crippen MR) is 60.4 cm³/mol. The standard InChI is InChI=1S/C9H19N5O/c1-13-4-6-14(7-5-13)8(15)2-3-12-9(10)11/h2-7H2,1H3,(H4,10,11,12)/p+1. The summed E-state index contributed by atoms with van der Waals surface area (Å²) in [6.45, 7) is 4.13. The zero-order chi connectivity index (χ0) is 11.3. The Bertz CT molecular complexity index is 260. The van der Waals surface area contributed by atoms with Gasteiger partial charge in [0.25, 0.3) is 0 Å². The topological polar surface area (TPSA) is 90.9 Å². The number of likely N-dealkylation sites (N-methyl/N-ethyl adjacent to an activating group) is 1. The number of hydrogen-bond donors (Lipinski definition) is 3. The van der Waals surface area contributed by atoms with Gasteiger partial charge in [-0.1, -0.05) is 0 Å². The summed E-state index contributed by atoms with van der Waals surface area (Å²) in [5.74, 6) is 0.453. The van der Waals surface area contributed by atoms with Crippen molar-refractivity contribution in [2.75, 3.05) is 39.8 Å². The Morgan fingerprint density at radius 1 is 1.40 bits per heavy atom. The Hall–Kier alpha value is -1.30. The predicted octanol–water partition coefficient (Wildman–Crippen LogP) is -1.44. The van der Waals surface area contributed by atoms with Gasteiger partial charge in [0.2, 0.25) is 0 Å². The fourth-order valence-electron chi connectivity index (χ4n) is 1.51. The highest BCUT2D eigenvalue weighted by molar-refractivity contribution is 5.76. The van der Waals surface area contributed by atoms with Crippen LogP contribution < -0.4 is 11.5 Å². The summed E-state index contributed by atoms with van der Waals surface area (Å²) in [5.41, 5.74) is 10.4. The van der Waals surface area contributed by atoms with Crippen LogP contribution in [0.2, 0.25) is 0 Å². The first-order valence-electron chi connectivity index (χ1n) is 5.13. The van der Waals surface area contributed by atoms with Crippen LogP contribution in [0.3, 0.4) is 0 Å². The molecule has 6 nitrogen and oxygen atoms in total. The Morgan fingerprint density at radius 2 is 2.00 bits per heavy atom. The highest BCUT2D eigenvalue weighted by Crippen LogP contribution is 1.95. The minimum atomic E-state index is 0.0705. The van der Waals surface area contributed by atoms with Crippen molar-refractivity contribution >= 4 is 11.9 Å². The maximum Gasteiger partial charge on any atom is 0.335 e. The van der Waals surface area contributed by atoms with Gasteiger partial charge in [-0.15, -0.1) is 0 Å². The molecule has 0 aliphatic carbocycles. The van der Waals surface area contributed by atoms with E-state index in [4.69, 9.17) is 11.5 Å². The van der Waals surface area contributed by atoms with Gasteiger partial charge in [0, 0.05) is 0 Å². The van der Waals surface area contributed by atoms with Gasteiger partial charge in [0.05, 0.1) is 26.1 Å². The molecular weight excluding hydrogens is 194 g/mol. The summed E-state index contributed by atoms with van der Waals surface area (Å²) in [4.78, 5) is 6.06. The average Bonchev–Trinajstić information content (AvgIpc) is 2.18. The molecule has 0 aromatic heterocycles. The maximum atomic E-state index is 9.75. The summed E-state index contributed by atoms with van der Waals surface area (Å²) >= 11 is 0. The van der Waals surface area contributed by atoms with E-state index in [-0.39, 0.29) is 5.96 Å². The summed E-state index contributed by atoms with van der Waals surface area (Å²) < 4.78 is 1.97. The molecule has 0 radical (unpaired) electrons. The van der Waals surface area contributed by atoms with Gasteiger partial charge in [-0.05, 0) is 7.05 Å². The third-order valence-electron chi connectivity index (χ3n) is 2.50. The minimum absolute atomic E-state index is 0.0705. The molecule has 1 rings (SSSR count). The smallest absolute Gasteiger partial charge is 0.335 e. The average molecular weight is 214 g/mol. The first-order chi connectivity index (χ1) is 7.09. The SMILES string of the molecule is CN1CC[N+](=C(O)CCN=C(N)N)CC1. The number of aliphatic hydroxyl groups excluding tert-OH is 1. The summed E-state index contributed by atoms with van der Waals surface area (Å²) in [6, 6.07) is 0. The number of guanidine groups is 1. The maximum absolute atomic E-state index is 9.75. The quantitative estimate of drug-likeness (QED) is 0.305. The van der Waals surface area contributed by atoms with Crippen molar-refractivity contribution in [2.45, 2.75) is 6.42 Å². The second-order valence-electron chi connectivity index (χ2n) is 3.76. The van der Waals surface area contributed by atoms with Gasteiger partial charge in [0.15, 0.2) is 19.0 Å². The van der Waals surface area contributed by atoms with Gasteiger partial charge in [0.1, 0.15) is 0 Å². The first kappa shape index (κ1) is 11.8.